The lowest BCUT2D eigenvalue weighted by molar-refractivity contribution is -0.921. The van der Waals surface area contributed by atoms with Gasteiger partial charge >= 0.3 is 5.97 Å². The third-order valence-corrected chi connectivity index (χ3v) is 5.56. The number of hydrogen-bond acceptors (Lipinski definition) is 6. The largest absolute Gasteiger partial charge is 0.468 e. The van der Waals surface area contributed by atoms with Crippen LogP contribution in [-0.4, -0.2) is 47.0 Å². The number of carbonyl (C=O) groups excluding carboxylic acids is 1. The standard InChI is InChI=1S/C16H19N3O3S2/c1-11-5-3-4-6-12(11)14-17-19(16(23)22-14)10-18-7-8-24-13(9-18)15(20)21-2/h3-6,13H,7-10H2,1-2H3/p+1/t13-/m0/s1. The van der Waals surface area contributed by atoms with Crippen LogP contribution < -0.4 is 4.90 Å². The number of esters is 1. The number of rotatable bonds is 4. The highest BCUT2D eigenvalue weighted by Crippen LogP contribution is 2.21. The van der Waals surface area contributed by atoms with Crippen molar-refractivity contribution < 1.29 is 18.8 Å². The van der Waals surface area contributed by atoms with E-state index in [1.807, 2.05) is 31.2 Å². The first-order valence-electron chi connectivity index (χ1n) is 7.75. The lowest BCUT2D eigenvalue weighted by Crippen LogP contribution is -3.14. The Morgan fingerprint density at radius 3 is 3.08 bits per heavy atom. The minimum Gasteiger partial charge on any atom is -0.468 e. The van der Waals surface area contributed by atoms with Crippen molar-refractivity contribution >= 4 is 29.9 Å². The number of benzene rings is 1. The van der Waals surface area contributed by atoms with E-state index in [-0.39, 0.29) is 11.2 Å². The third-order valence-electron chi connectivity index (χ3n) is 4.07. The van der Waals surface area contributed by atoms with Crippen LogP contribution in [0.3, 0.4) is 0 Å². The zero-order valence-electron chi connectivity index (χ0n) is 13.7. The van der Waals surface area contributed by atoms with E-state index in [4.69, 9.17) is 21.4 Å². The predicted molar refractivity (Wildman–Crippen MR) is 94.5 cm³/mol. The number of hydrogen-bond donors (Lipinski definition) is 1. The first kappa shape index (κ1) is 17.2. The van der Waals surface area contributed by atoms with Gasteiger partial charge in [0.2, 0.25) is 5.89 Å². The highest BCUT2D eigenvalue weighted by molar-refractivity contribution is 8.00. The fraction of sp³-hybridized carbons (Fsp3) is 0.438. The molecule has 1 unspecified atom stereocenters. The van der Waals surface area contributed by atoms with Gasteiger partial charge < -0.3 is 14.1 Å². The number of thioether (sulfide) groups is 1. The van der Waals surface area contributed by atoms with Gasteiger partial charge in [-0.15, -0.1) is 16.9 Å². The first-order valence-corrected chi connectivity index (χ1v) is 9.21. The van der Waals surface area contributed by atoms with Gasteiger partial charge in [0, 0.05) is 11.3 Å². The second-order valence-corrected chi connectivity index (χ2v) is 7.39. The molecule has 2 heterocycles. The molecule has 6 nitrogen and oxygen atoms in total. The minimum absolute atomic E-state index is 0.129. The molecule has 1 fully saturated rings. The fourth-order valence-corrected chi connectivity index (χ4v) is 4.20. The Hall–Kier alpha value is -1.64. The average molecular weight is 366 g/mol. The molecule has 1 aliphatic rings. The molecule has 2 atom stereocenters. The number of aryl methyl sites for hydroxylation is 1. The zero-order valence-corrected chi connectivity index (χ0v) is 15.3. The minimum atomic E-state index is -0.165. The van der Waals surface area contributed by atoms with E-state index in [0.717, 1.165) is 23.4 Å². The summed E-state index contributed by atoms with van der Waals surface area (Å²) in [6.45, 7) is 4.25. The van der Waals surface area contributed by atoms with Gasteiger partial charge in [-0.05, 0) is 30.8 Å². The Kier molecular flexibility index (Phi) is 5.37. The summed E-state index contributed by atoms with van der Waals surface area (Å²) < 4.78 is 12.2. The number of carbonyl (C=O) groups is 1. The molecule has 0 amide bonds. The number of methoxy groups -OCH3 is 1. The van der Waals surface area contributed by atoms with E-state index in [1.165, 1.54) is 12.0 Å². The molecule has 0 saturated carbocycles. The lowest BCUT2D eigenvalue weighted by atomic mass is 10.1. The van der Waals surface area contributed by atoms with Gasteiger partial charge in [-0.3, -0.25) is 4.79 Å². The Labute approximate surface area is 149 Å². The number of ether oxygens (including phenoxy) is 1. The lowest BCUT2D eigenvalue weighted by Gasteiger charge is -2.27. The molecule has 3 rings (SSSR count). The van der Waals surface area contributed by atoms with Crippen molar-refractivity contribution in [3.8, 4) is 11.5 Å². The maximum absolute atomic E-state index is 11.7. The normalized spacial score (nSPS) is 20.8. The summed E-state index contributed by atoms with van der Waals surface area (Å²) in [6.07, 6.45) is 0. The van der Waals surface area contributed by atoms with Crippen molar-refractivity contribution in [2.45, 2.75) is 18.8 Å². The van der Waals surface area contributed by atoms with Gasteiger partial charge in [-0.2, -0.15) is 4.68 Å². The quantitative estimate of drug-likeness (QED) is 0.650. The van der Waals surface area contributed by atoms with Crippen molar-refractivity contribution in [2.24, 2.45) is 0 Å². The Morgan fingerprint density at radius 2 is 2.33 bits per heavy atom. The molecule has 0 bridgehead atoms. The third kappa shape index (κ3) is 3.71. The number of nitrogens with one attached hydrogen (secondary N) is 1. The number of aromatic nitrogens is 2. The van der Waals surface area contributed by atoms with Gasteiger partial charge in [0.1, 0.15) is 6.54 Å². The molecule has 1 aliphatic heterocycles. The molecule has 24 heavy (non-hydrogen) atoms. The van der Waals surface area contributed by atoms with Crippen LogP contribution in [0.25, 0.3) is 11.5 Å². The van der Waals surface area contributed by atoms with Crippen LogP contribution in [0.2, 0.25) is 0 Å². The molecule has 1 aromatic carbocycles. The summed E-state index contributed by atoms with van der Waals surface area (Å²) in [5.41, 5.74) is 2.03. The monoisotopic (exact) mass is 366 g/mol. The van der Waals surface area contributed by atoms with Gasteiger partial charge in [0.15, 0.2) is 11.9 Å². The molecule has 0 aliphatic carbocycles. The summed E-state index contributed by atoms with van der Waals surface area (Å²) >= 11 is 6.96. The first-order chi connectivity index (χ1) is 11.6. The van der Waals surface area contributed by atoms with Crippen molar-refractivity contribution in [1.82, 2.24) is 9.78 Å². The van der Waals surface area contributed by atoms with Crippen molar-refractivity contribution in [3.63, 3.8) is 0 Å². The highest BCUT2D eigenvalue weighted by Gasteiger charge is 2.30. The number of quaternary nitrogens is 1. The second kappa shape index (κ2) is 7.50. The van der Waals surface area contributed by atoms with Crippen LogP contribution in [0.5, 0.6) is 0 Å². The molecule has 1 N–H and O–H groups in total. The molecular formula is C16H20N3O3S2+. The van der Waals surface area contributed by atoms with Crippen LogP contribution in [0, 0.1) is 11.8 Å². The van der Waals surface area contributed by atoms with Crippen LogP contribution in [0.15, 0.2) is 28.7 Å². The summed E-state index contributed by atoms with van der Waals surface area (Å²) in [5, 5.41) is 4.40. The average Bonchev–Trinajstić information content (AvgIpc) is 2.95. The fourth-order valence-electron chi connectivity index (χ4n) is 2.73. The molecule has 0 radical (unpaired) electrons. The molecule has 0 spiro atoms. The number of nitrogens with zero attached hydrogens (tertiary/aromatic N) is 2. The predicted octanol–water partition coefficient (Wildman–Crippen LogP) is 1.31. The topological polar surface area (TPSA) is 61.7 Å². The summed E-state index contributed by atoms with van der Waals surface area (Å²) in [6, 6.07) is 7.92. The zero-order chi connectivity index (χ0) is 17.1. The van der Waals surface area contributed by atoms with E-state index in [1.54, 1.807) is 16.4 Å². The maximum Gasteiger partial charge on any atom is 0.324 e. The summed E-state index contributed by atoms with van der Waals surface area (Å²) in [7, 11) is 1.43. The van der Waals surface area contributed by atoms with Gasteiger partial charge in [0.25, 0.3) is 4.84 Å². The van der Waals surface area contributed by atoms with Gasteiger partial charge in [0.05, 0.1) is 13.7 Å². The van der Waals surface area contributed by atoms with E-state index in [0.29, 0.717) is 23.9 Å². The Morgan fingerprint density at radius 1 is 1.54 bits per heavy atom. The van der Waals surface area contributed by atoms with Crippen molar-refractivity contribution in [3.05, 3.63) is 34.7 Å². The van der Waals surface area contributed by atoms with Crippen LogP contribution >= 0.6 is 24.0 Å². The molecule has 128 valence electrons. The smallest absolute Gasteiger partial charge is 0.324 e. The highest BCUT2D eigenvalue weighted by atomic mass is 32.2. The molecule has 8 heteroatoms. The van der Waals surface area contributed by atoms with E-state index < -0.39 is 0 Å². The second-order valence-electron chi connectivity index (χ2n) is 5.73. The van der Waals surface area contributed by atoms with Gasteiger partial charge in [-0.25, -0.2) is 0 Å². The van der Waals surface area contributed by atoms with Crippen LogP contribution in [0.4, 0.5) is 0 Å². The Balaban J connectivity index is 1.75. The molecule has 1 saturated heterocycles. The van der Waals surface area contributed by atoms with Crippen molar-refractivity contribution in [1.29, 1.82) is 0 Å². The maximum atomic E-state index is 11.7. The molecule has 1 aromatic heterocycles. The summed E-state index contributed by atoms with van der Waals surface area (Å²) in [5.74, 6) is 1.28. The van der Waals surface area contributed by atoms with Crippen LogP contribution in [-0.2, 0) is 16.2 Å². The molecular weight excluding hydrogens is 346 g/mol. The Bertz CT molecular complexity index is 787. The van der Waals surface area contributed by atoms with E-state index in [2.05, 4.69) is 5.10 Å². The SMILES string of the molecule is COC(=O)[C@@H]1C[NH+](Cn2nc(-c3ccccc3C)oc2=S)CCS1. The van der Waals surface area contributed by atoms with E-state index >= 15 is 0 Å². The van der Waals surface area contributed by atoms with Crippen LogP contribution in [0.1, 0.15) is 5.56 Å². The van der Waals surface area contributed by atoms with Crippen molar-refractivity contribution in [2.75, 3.05) is 26.0 Å². The molecule has 2 aromatic rings. The van der Waals surface area contributed by atoms with Gasteiger partial charge in [-0.1, -0.05) is 18.2 Å². The van der Waals surface area contributed by atoms with E-state index in [9.17, 15) is 4.79 Å². The summed E-state index contributed by atoms with van der Waals surface area (Å²) in [4.78, 5) is 13.3.